The van der Waals surface area contributed by atoms with Gasteiger partial charge in [0, 0.05) is 17.4 Å². The first-order chi connectivity index (χ1) is 13.1. The van der Waals surface area contributed by atoms with E-state index in [2.05, 4.69) is 20.7 Å². The average molecular weight is 395 g/mol. The van der Waals surface area contributed by atoms with Crippen LogP contribution in [0.5, 0.6) is 5.75 Å². The van der Waals surface area contributed by atoms with E-state index in [1.54, 1.807) is 44.2 Å². The first-order valence-corrected chi connectivity index (χ1v) is 8.43. The van der Waals surface area contributed by atoms with Crippen LogP contribution < -0.4 is 20.7 Å². The third-order valence-corrected chi connectivity index (χ3v) is 3.60. The third-order valence-electron chi connectivity index (χ3n) is 3.60. The molecule has 0 aliphatic heterocycles. The second kappa shape index (κ2) is 9.12. The number of rotatable bonds is 6. The molecule has 2 aromatic rings. The maximum Gasteiger partial charge on any atom is 0.573 e. The van der Waals surface area contributed by atoms with E-state index in [9.17, 15) is 22.8 Å². The Balaban J connectivity index is 2.02. The van der Waals surface area contributed by atoms with Crippen LogP contribution in [0.4, 0.5) is 29.3 Å². The molecule has 0 aliphatic rings. The van der Waals surface area contributed by atoms with Gasteiger partial charge in [0.05, 0.1) is 0 Å². The highest BCUT2D eigenvalue weighted by Gasteiger charge is 2.31. The Labute approximate surface area is 160 Å². The lowest BCUT2D eigenvalue weighted by atomic mass is 10.0. The summed E-state index contributed by atoms with van der Waals surface area (Å²) in [6.45, 7) is 3.46. The molecule has 0 fully saturated rings. The summed E-state index contributed by atoms with van der Waals surface area (Å²) in [6, 6.07) is 12.1. The van der Waals surface area contributed by atoms with Gasteiger partial charge >= 0.3 is 12.4 Å². The molecule has 150 valence electrons. The number of hydrogen-bond acceptors (Lipinski definition) is 3. The number of anilines is 2. The van der Waals surface area contributed by atoms with E-state index in [1.165, 1.54) is 12.1 Å². The summed E-state index contributed by atoms with van der Waals surface area (Å²) in [6.07, 6.45) is -4.83. The van der Waals surface area contributed by atoms with Crippen molar-refractivity contribution in [3.05, 3.63) is 54.6 Å². The molecule has 0 heterocycles. The molecular formula is C19H20F3N3O3. The van der Waals surface area contributed by atoms with Crippen LogP contribution in [0.2, 0.25) is 0 Å². The normalized spacial score (nSPS) is 12.2. The Hall–Kier alpha value is -3.23. The van der Waals surface area contributed by atoms with Crippen molar-refractivity contribution in [2.75, 3.05) is 10.6 Å². The highest BCUT2D eigenvalue weighted by molar-refractivity contribution is 5.99. The van der Waals surface area contributed by atoms with Crippen LogP contribution in [0.25, 0.3) is 0 Å². The van der Waals surface area contributed by atoms with Crippen molar-refractivity contribution in [3.8, 4) is 5.75 Å². The molecule has 0 unspecified atom stereocenters. The summed E-state index contributed by atoms with van der Waals surface area (Å²) in [7, 11) is 0. The minimum absolute atomic E-state index is 0.114. The lowest BCUT2D eigenvalue weighted by Crippen LogP contribution is -2.48. The quantitative estimate of drug-likeness (QED) is 0.680. The molecule has 3 N–H and O–H groups in total. The monoisotopic (exact) mass is 395 g/mol. The highest BCUT2D eigenvalue weighted by atomic mass is 19.4. The van der Waals surface area contributed by atoms with Crippen LogP contribution in [-0.2, 0) is 4.79 Å². The van der Waals surface area contributed by atoms with Crippen molar-refractivity contribution < 1.29 is 27.5 Å². The predicted molar refractivity (Wildman–Crippen MR) is 99.0 cm³/mol. The van der Waals surface area contributed by atoms with Gasteiger partial charge in [0.1, 0.15) is 11.8 Å². The predicted octanol–water partition coefficient (Wildman–Crippen LogP) is 4.37. The van der Waals surface area contributed by atoms with Gasteiger partial charge in [0.15, 0.2) is 0 Å². The lowest BCUT2D eigenvalue weighted by Gasteiger charge is -2.22. The van der Waals surface area contributed by atoms with Gasteiger partial charge < -0.3 is 20.7 Å². The van der Waals surface area contributed by atoms with E-state index in [-0.39, 0.29) is 11.6 Å². The molecule has 2 rings (SSSR count). The molecular weight excluding hydrogens is 375 g/mol. The van der Waals surface area contributed by atoms with Gasteiger partial charge in [-0.25, -0.2) is 4.79 Å². The topological polar surface area (TPSA) is 79.5 Å². The van der Waals surface area contributed by atoms with Crippen molar-refractivity contribution in [2.45, 2.75) is 26.3 Å². The van der Waals surface area contributed by atoms with Gasteiger partial charge in [-0.05, 0) is 30.2 Å². The van der Waals surface area contributed by atoms with Crippen molar-refractivity contribution in [2.24, 2.45) is 5.92 Å². The Morgan fingerprint density at radius 3 is 2.18 bits per heavy atom. The molecule has 3 amide bonds. The largest absolute Gasteiger partial charge is 0.573 e. The second-order valence-electron chi connectivity index (χ2n) is 6.25. The number of alkyl halides is 3. The van der Waals surface area contributed by atoms with Gasteiger partial charge in [0.2, 0.25) is 5.91 Å². The summed E-state index contributed by atoms with van der Waals surface area (Å²) >= 11 is 0. The lowest BCUT2D eigenvalue weighted by molar-refractivity contribution is -0.274. The van der Waals surface area contributed by atoms with Crippen LogP contribution in [0.1, 0.15) is 13.8 Å². The van der Waals surface area contributed by atoms with Gasteiger partial charge in [-0.2, -0.15) is 0 Å². The molecule has 28 heavy (non-hydrogen) atoms. The first kappa shape index (κ1) is 21.1. The van der Waals surface area contributed by atoms with E-state index < -0.39 is 30.1 Å². The van der Waals surface area contributed by atoms with E-state index in [1.807, 2.05) is 0 Å². The average Bonchev–Trinajstić information content (AvgIpc) is 2.59. The van der Waals surface area contributed by atoms with Crippen molar-refractivity contribution in [3.63, 3.8) is 0 Å². The number of benzene rings is 2. The van der Waals surface area contributed by atoms with Crippen LogP contribution in [0, 0.1) is 5.92 Å². The van der Waals surface area contributed by atoms with E-state index in [0.717, 1.165) is 12.1 Å². The van der Waals surface area contributed by atoms with Gasteiger partial charge in [0.25, 0.3) is 0 Å². The zero-order chi connectivity index (χ0) is 20.7. The molecule has 0 aromatic heterocycles. The summed E-state index contributed by atoms with van der Waals surface area (Å²) < 4.78 is 40.8. The summed E-state index contributed by atoms with van der Waals surface area (Å²) in [5.41, 5.74) is 0.669. The molecule has 2 aromatic carbocycles. The maximum absolute atomic E-state index is 12.5. The number of carbonyl (C=O) groups is 2. The molecule has 6 nitrogen and oxygen atoms in total. The van der Waals surface area contributed by atoms with Crippen molar-refractivity contribution in [1.82, 2.24) is 5.32 Å². The highest BCUT2D eigenvalue weighted by Crippen LogP contribution is 2.25. The number of para-hydroxylation sites is 1. The molecule has 1 atom stereocenters. The van der Waals surface area contributed by atoms with Crippen LogP contribution in [0.15, 0.2) is 54.6 Å². The first-order valence-electron chi connectivity index (χ1n) is 8.43. The summed E-state index contributed by atoms with van der Waals surface area (Å²) in [5, 5.41) is 7.66. The number of ether oxygens (including phenoxy) is 1. The fourth-order valence-corrected chi connectivity index (χ4v) is 2.36. The Morgan fingerprint density at radius 2 is 1.57 bits per heavy atom. The van der Waals surface area contributed by atoms with Crippen molar-refractivity contribution in [1.29, 1.82) is 0 Å². The van der Waals surface area contributed by atoms with E-state index >= 15 is 0 Å². The van der Waals surface area contributed by atoms with Crippen LogP contribution >= 0.6 is 0 Å². The molecule has 0 spiro atoms. The van der Waals surface area contributed by atoms with Crippen molar-refractivity contribution >= 4 is 23.3 Å². The molecule has 0 aliphatic carbocycles. The van der Waals surface area contributed by atoms with Crippen LogP contribution in [0.3, 0.4) is 0 Å². The van der Waals surface area contributed by atoms with Crippen LogP contribution in [-0.4, -0.2) is 24.3 Å². The smallest absolute Gasteiger partial charge is 0.406 e. The molecule has 0 saturated carbocycles. The zero-order valence-corrected chi connectivity index (χ0v) is 15.2. The number of halogens is 3. The van der Waals surface area contributed by atoms with E-state index in [4.69, 9.17) is 0 Å². The van der Waals surface area contributed by atoms with Gasteiger partial charge in [-0.1, -0.05) is 38.1 Å². The third kappa shape index (κ3) is 6.82. The number of amides is 3. The Kier molecular flexibility index (Phi) is 6.86. The molecule has 0 saturated heterocycles. The fraction of sp³-hybridized carbons (Fsp3) is 0.263. The Bertz CT molecular complexity index is 811. The number of urea groups is 1. The minimum Gasteiger partial charge on any atom is -0.406 e. The summed E-state index contributed by atoms with van der Waals surface area (Å²) in [5.74, 6) is -1.29. The SMILES string of the molecule is CC(C)[C@@H](NC(=O)Nc1ccccc1)C(=O)Nc1cccc(OC(F)(F)F)c1. The van der Waals surface area contributed by atoms with E-state index in [0.29, 0.717) is 5.69 Å². The number of nitrogens with one attached hydrogen (secondary N) is 3. The molecule has 0 radical (unpaired) electrons. The number of hydrogen-bond donors (Lipinski definition) is 3. The Morgan fingerprint density at radius 1 is 0.929 bits per heavy atom. The molecule has 9 heteroatoms. The standard InChI is InChI=1S/C19H20F3N3O3/c1-12(2)16(25-18(27)24-13-7-4-3-5-8-13)17(26)23-14-9-6-10-15(11-14)28-19(20,21)22/h3-12,16H,1-2H3,(H,23,26)(H2,24,25,27)/t16-/m1/s1. The molecule has 0 bridgehead atoms. The summed E-state index contributed by atoms with van der Waals surface area (Å²) in [4.78, 5) is 24.7. The van der Waals surface area contributed by atoms with Gasteiger partial charge in [-0.3, -0.25) is 4.79 Å². The maximum atomic E-state index is 12.5. The fourth-order valence-electron chi connectivity index (χ4n) is 2.36. The van der Waals surface area contributed by atoms with Gasteiger partial charge in [-0.15, -0.1) is 13.2 Å². The zero-order valence-electron chi connectivity index (χ0n) is 15.2. The second-order valence-corrected chi connectivity index (χ2v) is 6.25. The minimum atomic E-state index is -4.83. The number of carbonyl (C=O) groups excluding carboxylic acids is 2.